The van der Waals surface area contributed by atoms with Crippen LogP contribution in [0.4, 0.5) is 29.2 Å². The molecule has 4 aromatic rings. The van der Waals surface area contributed by atoms with E-state index in [9.17, 15) is 27.2 Å². The monoisotopic (exact) mass is 536 g/mol. The van der Waals surface area contributed by atoms with Crippen LogP contribution in [0.15, 0.2) is 79.3 Å². The summed E-state index contributed by atoms with van der Waals surface area (Å²) in [5.74, 6) is -2.31. The molecule has 4 rings (SSSR count). The zero-order chi connectivity index (χ0) is 28.0. The van der Waals surface area contributed by atoms with Crippen LogP contribution in [-0.4, -0.2) is 26.8 Å². The van der Waals surface area contributed by atoms with Gasteiger partial charge in [-0.15, -0.1) is 0 Å². The maximum atomic E-state index is 13.5. The Balaban J connectivity index is 1.40. The third kappa shape index (κ3) is 7.22. The summed E-state index contributed by atoms with van der Waals surface area (Å²) in [7, 11) is 0. The lowest BCUT2D eigenvalue weighted by atomic mass is 10.1. The predicted molar refractivity (Wildman–Crippen MR) is 136 cm³/mol. The number of nitrogens with zero attached hydrogens (tertiary/aromatic N) is 3. The number of aromatic nitrogens is 3. The van der Waals surface area contributed by atoms with Crippen LogP contribution in [0.1, 0.15) is 27.0 Å². The number of aryl methyl sites for hydroxylation is 1. The van der Waals surface area contributed by atoms with Crippen molar-refractivity contribution in [3.8, 4) is 11.3 Å². The smallest absolute Gasteiger partial charge is 0.324 e. The molecule has 0 radical (unpaired) electrons. The minimum atomic E-state index is -4.74. The highest BCUT2D eigenvalue weighted by Gasteiger charge is 2.31. The number of carbonyl (C=O) groups excluding carboxylic acids is 2. The Morgan fingerprint density at radius 3 is 2.54 bits per heavy atom. The highest BCUT2D eigenvalue weighted by molar-refractivity contribution is 5.98. The molecule has 0 unspecified atom stereocenters. The largest absolute Gasteiger partial charge is 0.416 e. The Labute approximate surface area is 219 Å². The average molecular weight is 536 g/mol. The summed E-state index contributed by atoms with van der Waals surface area (Å²) < 4.78 is 52.1. The van der Waals surface area contributed by atoms with Gasteiger partial charge in [-0.05, 0) is 72.7 Å². The second-order valence-corrected chi connectivity index (χ2v) is 8.21. The summed E-state index contributed by atoms with van der Waals surface area (Å²) in [6.07, 6.45) is 2.03. The van der Waals surface area contributed by atoms with Crippen molar-refractivity contribution in [2.75, 3.05) is 5.32 Å². The second-order valence-electron chi connectivity index (χ2n) is 8.21. The number of anilines is 2. The van der Waals surface area contributed by atoms with Gasteiger partial charge in [-0.2, -0.15) is 13.2 Å². The molecule has 0 aliphatic carbocycles. The number of pyridine rings is 1. The lowest BCUT2D eigenvalue weighted by Gasteiger charge is -2.12. The topological polar surface area (TPSA) is 109 Å². The summed E-state index contributed by atoms with van der Waals surface area (Å²) >= 11 is 0. The van der Waals surface area contributed by atoms with E-state index in [1.54, 1.807) is 36.8 Å². The minimum absolute atomic E-state index is 0.173. The predicted octanol–water partition coefficient (Wildman–Crippen LogP) is 5.22. The fraction of sp³-hybridized carbons (Fsp3) is 0.0741. The highest BCUT2D eigenvalue weighted by Crippen LogP contribution is 2.30. The van der Waals surface area contributed by atoms with Crippen molar-refractivity contribution in [3.05, 3.63) is 107 Å². The van der Waals surface area contributed by atoms with Gasteiger partial charge >= 0.3 is 6.18 Å². The van der Waals surface area contributed by atoms with Crippen LogP contribution in [0.25, 0.3) is 17.3 Å². The van der Waals surface area contributed by atoms with Crippen LogP contribution in [0.3, 0.4) is 0 Å². The van der Waals surface area contributed by atoms with Crippen molar-refractivity contribution < 1.29 is 27.2 Å². The van der Waals surface area contributed by atoms with Crippen molar-refractivity contribution >= 4 is 29.5 Å². The molecule has 0 aliphatic rings. The van der Waals surface area contributed by atoms with E-state index in [1.807, 2.05) is 13.0 Å². The molecular formula is C27H20F4N6O2. The molecular weight excluding hydrogens is 516 g/mol. The number of carbonyl (C=O) groups is 2. The zero-order valence-electron chi connectivity index (χ0n) is 20.3. The molecule has 0 aliphatic heterocycles. The van der Waals surface area contributed by atoms with Gasteiger partial charge in [0.25, 0.3) is 11.8 Å². The molecule has 0 spiro atoms. The Bertz CT molecular complexity index is 1540. The number of rotatable bonds is 6. The number of halogens is 4. The molecule has 2 aromatic carbocycles. The van der Waals surface area contributed by atoms with E-state index in [0.29, 0.717) is 29.5 Å². The summed E-state index contributed by atoms with van der Waals surface area (Å²) in [5, 5.41) is 3.07. The van der Waals surface area contributed by atoms with Gasteiger partial charge in [0.05, 0.1) is 11.3 Å². The van der Waals surface area contributed by atoms with Crippen molar-refractivity contribution in [1.29, 1.82) is 0 Å². The molecule has 2 heterocycles. The summed E-state index contributed by atoms with van der Waals surface area (Å²) in [6.45, 7) is 1.82. The minimum Gasteiger partial charge on any atom is -0.324 e. The lowest BCUT2D eigenvalue weighted by molar-refractivity contribution is -0.137. The molecule has 198 valence electrons. The quantitative estimate of drug-likeness (QED) is 0.177. The van der Waals surface area contributed by atoms with Gasteiger partial charge in [0, 0.05) is 41.5 Å². The Hall–Kier alpha value is -5.13. The first-order valence-electron chi connectivity index (χ1n) is 11.4. The first kappa shape index (κ1) is 26.9. The van der Waals surface area contributed by atoms with Crippen LogP contribution in [0, 0.1) is 12.7 Å². The van der Waals surface area contributed by atoms with E-state index < -0.39 is 29.4 Å². The molecule has 8 nitrogen and oxygen atoms in total. The van der Waals surface area contributed by atoms with Crippen molar-refractivity contribution in [2.45, 2.75) is 13.1 Å². The summed E-state index contributed by atoms with van der Waals surface area (Å²) in [4.78, 5) is 37.4. The number of hydrogen-bond donors (Lipinski definition) is 3. The normalized spacial score (nSPS) is 11.3. The molecule has 3 N–H and O–H groups in total. The Kier molecular flexibility index (Phi) is 7.94. The van der Waals surface area contributed by atoms with E-state index in [1.165, 1.54) is 12.1 Å². The van der Waals surface area contributed by atoms with Gasteiger partial charge in [0.1, 0.15) is 5.82 Å². The fourth-order valence-electron chi connectivity index (χ4n) is 3.39. The van der Waals surface area contributed by atoms with Crippen LogP contribution >= 0.6 is 0 Å². The summed E-state index contributed by atoms with van der Waals surface area (Å²) in [5.41, 5.74) is 5.96. The van der Waals surface area contributed by atoms with Crippen molar-refractivity contribution in [1.82, 2.24) is 25.8 Å². The Morgan fingerprint density at radius 1 is 0.974 bits per heavy atom. The van der Waals surface area contributed by atoms with Gasteiger partial charge in [0.15, 0.2) is 0 Å². The van der Waals surface area contributed by atoms with Crippen LogP contribution < -0.4 is 16.2 Å². The van der Waals surface area contributed by atoms with E-state index in [0.717, 1.165) is 29.3 Å². The molecule has 12 heteroatoms. The molecule has 0 saturated carbocycles. The van der Waals surface area contributed by atoms with Crippen LogP contribution in [0.2, 0.25) is 0 Å². The maximum Gasteiger partial charge on any atom is 0.416 e. The number of benzene rings is 2. The Morgan fingerprint density at radius 2 is 1.79 bits per heavy atom. The lowest BCUT2D eigenvalue weighted by Crippen LogP contribution is -2.40. The van der Waals surface area contributed by atoms with Gasteiger partial charge in [-0.25, -0.2) is 14.4 Å². The molecule has 2 aromatic heterocycles. The number of amides is 2. The van der Waals surface area contributed by atoms with E-state index in [4.69, 9.17) is 0 Å². The number of hydrogen-bond acceptors (Lipinski definition) is 6. The SMILES string of the molecule is Cc1ccc(C(=O)NNC(=O)/C=C/c2cc(F)cc(C(F)(F)F)c2)cc1Nc1nccc(-c2cccnc2)n1. The van der Waals surface area contributed by atoms with E-state index >= 15 is 0 Å². The zero-order valence-corrected chi connectivity index (χ0v) is 20.3. The number of nitrogens with one attached hydrogen (secondary N) is 3. The fourth-order valence-corrected chi connectivity index (χ4v) is 3.39. The first-order chi connectivity index (χ1) is 18.6. The highest BCUT2D eigenvalue weighted by atomic mass is 19.4. The van der Waals surface area contributed by atoms with E-state index in [2.05, 4.69) is 31.1 Å². The van der Waals surface area contributed by atoms with Gasteiger partial charge in [-0.3, -0.25) is 25.4 Å². The van der Waals surface area contributed by atoms with Gasteiger partial charge in [-0.1, -0.05) is 6.07 Å². The van der Waals surface area contributed by atoms with Crippen molar-refractivity contribution in [2.24, 2.45) is 0 Å². The van der Waals surface area contributed by atoms with Crippen molar-refractivity contribution in [3.63, 3.8) is 0 Å². The third-order valence-electron chi connectivity index (χ3n) is 5.33. The first-order valence-corrected chi connectivity index (χ1v) is 11.4. The average Bonchev–Trinajstić information content (AvgIpc) is 2.91. The number of hydrazine groups is 1. The standard InChI is InChI=1S/C27H20F4N6O2/c1-16-4-6-18(13-23(16)35-26-33-10-8-22(34-26)19-3-2-9-32-15-19)25(39)37-36-24(38)7-5-17-11-20(27(29,30)31)14-21(28)12-17/h2-15H,1H3,(H,36,38)(H,37,39)(H,33,34,35)/b7-5+. The molecule has 0 saturated heterocycles. The van der Waals surface area contributed by atoms with Gasteiger partial charge in [0.2, 0.25) is 5.95 Å². The van der Waals surface area contributed by atoms with E-state index in [-0.39, 0.29) is 11.1 Å². The van der Waals surface area contributed by atoms with Crippen LogP contribution in [0.5, 0.6) is 0 Å². The molecule has 0 fully saturated rings. The molecule has 2 amide bonds. The second kappa shape index (κ2) is 11.5. The maximum absolute atomic E-state index is 13.5. The third-order valence-corrected chi connectivity index (χ3v) is 5.33. The van der Waals surface area contributed by atoms with Crippen LogP contribution in [-0.2, 0) is 11.0 Å². The molecule has 39 heavy (non-hydrogen) atoms. The summed E-state index contributed by atoms with van der Waals surface area (Å²) in [6, 6.07) is 12.0. The van der Waals surface area contributed by atoms with Gasteiger partial charge < -0.3 is 5.32 Å². The number of alkyl halides is 3. The molecule has 0 bridgehead atoms. The molecule has 0 atom stereocenters.